The highest BCUT2D eigenvalue weighted by atomic mass is 16.7. The Morgan fingerprint density at radius 1 is 0.967 bits per heavy atom. The first-order valence-corrected chi connectivity index (χ1v) is 11.0. The molecule has 3 aliphatic heterocycles. The van der Waals surface area contributed by atoms with Gasteiger partial charge in [0.15, 0.2) is 0 Å². The Balaban J connectivity index is 1.40. The van der Waals surface area contributed by atoms with Gasteiger partial charge in [-0.1, -0.05) is 62.4 Å². The fraction of sp³-hybridized carbons (Fsp3) is 0.480. The largest absolute Gasteiger partial charge is 0.337 e. The lowest BCUT2D eigenvalue weighted by Gasteiger charge is -2.42. The SMILES string of the molecule is CC1CCN(CN2C(=O)C3(OCC(C)(c4ccccc4)CO3)c3ccccc32)CC1. The molecule has 1 amide bonds. The topological polar surface area (TPSA) is 42.0 Å². The number of fused-ring (bicyclic) bond motifs is 2. The molecule has 2 aromatic carbocycles. The highest BCUT2D eigenvalue weighted by Gasteiger charge is 2.57. The molecule has 3 aliphatic rings. The standard InChI is InChI=1S/C25H30N2O3/c1-19-12-14-26(15-13-19)18-27-22-11-7-6-10-21(22)25(23(27)28)29-16-24(2,17-30-25)20-8-4-3-5-9-20/h3-11,19H,12-18H2,1-2H3. The van der Waals surface area contributed by atoms with Crippen LogP contribution in [0, 0.1) is 5.92 Å². The van der Waals surface area contributed by atoms with Crippen molar-refractivity contribution in [1.29, 1.82) is 0 Å². The Kier molecular flexibility index (Phi) is 4.92. The van der Waals surface area contributed by atoms with Gasteiger partial charge in [0.2, 0.25) is 0 Å². The van der Waals surface area contributed by atoms with E-state index in [-0.39, 0.29) is 11.3 Å². The third kappa shape index (κ3) is 3.16. The van der Waals surface area contributed by atoms with Crippen LogP contribution >= 0.6 is 0 Å². The number of ether oxygens (including phenoxy) is 2. The Bertz CT molecular complexity index is 913. The van der Waals surface area contributed by atoms with Crippen LogP contribution in [0.1, 0.15) is 37.8 Å². The summed E-state index contributed by atoms with van der Waals surface area (Å²) in [4.78, 5) is 17.9. The van der Waals surface area contributed by atoms with Crippen LogP contribution in [0.5, 0.6) is 0 Å². The molecule has 0 atom stereocenters. The minimum atomic E-state index is -1.33. The first kappa shape index (κ1) is 19.7. The molecular formula is C25H30N2O3. The number of anilines is 1. The van der Waals surface area contributed by atoms with E-state index < -0.39 is 5.79 Å². The van der Waals surface area contributed by atoms with E-state index in [0.717, 1.165) is 35.8 Å². The maximum Gasteiger partial charge on any atom is 0.293 e. The molecule has 0 unspecified atom stereocenters. The van der Waals surface area contributed by atoms with Crippen molar-refractivity contribution in [3.63, 3.8) is 0 Å². The maximum absolute atomic E-state index is 13.7. The number of carbonyl (C=O) groups is 1. The lowest BCUT2D eigenvalue weighted by atomic mass is 9.83. The molecule has 1 spiro atoms. The Hall–Kier alpha value is -2.21. The summed E-state index contributed by atoms with van der Waals surface area (Å²) in [7, 11) is 0. The van der Waals surface area contributed by atoms with E-state index in [2.05, 4.69) is 30.9 Å². The molecule has 0 saturated carbocycles. The van der Waals surface area contributed by atoms with Crippen LogP contribution in [-0.4, -0.2) is 43.8 Å². The number of likely N-dealkylation sites (tertiary alicyclic amines) is 1. The van der Waals surface area contributed by atoms with Gasteiger partial charge in [-0.25, -0.2) is 0 Å². The van der Waals surface area contributed by atoms with Gasteiger partial charge in [-0.2, -0.15) is 0 Å². The van der Waals surface area contributed by atoms with Gasteiger partial charge in [0.05, 0.1) is 25.6 Å². The monoisotopic (exact) mass is 406 g/mol. The average Bonchev–Trinajstić information content (AvgIpc) is 3.01. The number of nitrogens with zero attached hydrogens (tertiary/aromatic N) is 2. The summed E-state index contributed by atoms with van der Waals surface area (Å²) in [6.07, 6.45) is 2.36. The summed E-state index contributed by atoms with van der Waals surface area (Å²) in [5, 5.41) is 0. The number of hydrogen-bond acceptors (Lipinski definition) is 4. The van der Waals surface area contributed by atoms with E-state index in [0.29, 0.717) is 19.9 Å². The van der Waals surface area contributed by atoms with Crippen LogP contribution in [0.4, 0.5) is 5.69 Å². The van der Waals surface area contributed by atoms with Crippen molar-refractivity contribution in [2.45, 2.75) is 37.9 Å². The number of amides is 1. The molecule has 2 fully saturated rings. The predicted molar refractivity (Wildman–Crippen MR) is 116 cm³/mol. The average molecular weight is 407 g/mol. The molecule has 3 heterocycles. The van der Waals surface area contributed by atoms with Crippen molar-refractivity contribution >= 4 is 11.6 Å². The first-order chi connectivity index (χ1) is 14.5. The highest BCUT2D eigenvalue weighted by Crippen LogP contribution is 2.48. The lowest BCUT2D eigenvalue weighted by molar-refractivity contribution is -0.276. The van der Waals surface area contributed by atoms with Gasteiger partial charge in [-0.05, 0) is 30.4 Å². The first-order valence-electron chi connectivity index (χ1n) is 11.0. The summed E-state index contributed by atoms with van der Waals surface area (Å²) in [6.45, 7) is 7.94. The zero-order valence-electron chi connectivity index (χ0n) is 17.8. The molecule has 5 nitrogen and oxygen atoms in total. The van der Waals surface area contributed by atoms with E-state index in [4.69, 9.17) is 9.47 Å². The van der Waals surface area contributed by atoms with Gasteiger partial charge < -0.3 is 9.47 Å². The van der Waals surface area contributed by atoms with E-state index >= 15 is 0 Å². The molecule has 0 bridgehead atoms. The van der Waals surface area contributed by atoms with Gasteiger partial charge in [-0.3, -0.25) is 14.6 Å². The molecule has 158 valence electrons. The Labute approximate surface area is 178 Å². The number of rotatable bonds is 3. The van der Waals surface area contributed by atoms with Crippen LogP contribution in [0.25, 0.3) is 0 Å². The maximum atomic E-state index is 13.7. The quantitative estimate of drug-likeness (QED) is 0.776. The van der Waals surface area contributed by atoms with Gasteiger partial charge in [0.1, 0.15) is 0 Å². The summed E-state index contributed by atoms with van der Waals surface area (Å²) in [5.74, 6) is -0.666. The van der Waals surface area contributed by atoms with Crippen LogP contribution in [0.15, 0.2) is 54.6 Å². The molecule has 0 N–H and O–H groups in total. The minimum Gasteiger partial charge on any atom is -0.337 e. The predicted octanol–water partition coefficient (Wildman–Crippen LogP) is 3.88. The van der Waals surface area contributed by atoms with Gasteiger partial charge in [-0.15, -0.1) is 0 Å². The second-order valence-electron chi connectivity index (χ2n) is 9.31. The number of benzene rings is 2. The molecule has 2 aromatic rings. The smallest absolute Gasteiger partial charge is 0.293 e. The normalized spacial score (nSPS) is 30.1. The number of carbonyl (C=O) groups excluding carboxylic acids is 1. The van der Waals surface area contributed by atoms with Crippen molar-refractivity contribution in [1.82, 2.24) is 4.90 Å². The number of para-hydroxylation sites is 1. The van der Waals surface area contributed by atoms with E-state index in [1.54, 1.807) is 0 Å². The van der Waals surface area contributed by atoms with Crippen molar-refractivity contribution in [2.75, 3.05) is 37.9 Å². The van der Waals surface area contributed by atoms with Crippen molar-refractivity contribution in [3.8, 4) is 0 Å². The van der Waals surface area contributed by atoms with Gasteiger partial charge in [0, 0.05) is 24.1 Å². The zero-order chi connectivity index (χ0) is 20.8. The molecule has 0 aromatic heterocycles. The van der Waals surface area contributed by atoms with Crippen LogP contribution < -0.4 is 4.90 Å². The Morgan fingerprint density at radius 2 is 1.60 bits per heavy atom. The van der Waals surface area contributed by atoms with Crippen LogP contribution in [0.2, 0.25) is 0 Å². The van der Waals surface area contributed by atoms with Crippen LogP contribution in [0.3, 0.4) is 0 Å². The third-order valence-electron chi connectivity index (χ3n) is 6.95. The fourth-order valence-electron chi connectivity index (χ4n) is 4.82. The number of piperidine rings is 1. The van der Waals surface area contributed by atoms with Crippen LogP contribution in [-0.2, 0) is 25.5 Å². The lowest BCUT2D eigenvalue weighted by Crippen LogP contribution is -2.55. The molecule has 5 heteroatoms. The number of hydrogen-bond donors (Lipinski definition) is 0. The van der Waals surface area contributed by atoms with E-state index in [1.807, 2.05) is 47.4 Å². The molecule has 2 saturated heterocycles. The third-order valence-corrected chi connectivity index (χ3v) is 6.95. The molecule has 5 rings (SSSR count). The van der Waals surface area contributed by atoms with Crippen molar-refractivity contribution in [2.24, 2.45) is 5.92 Å². The van der Waals surface area contributed by atoms with Crippen molar-refractivity contribution < 1.29 is 14.3 Å². The summed E-state index contributed by atoms with van der Waals surface area (Å²) < 4.78 is 12.7. The molecule has 0 radical (unpaired) electrons. The second-order valence-corrected chi connectivity index (χ2v) is 9.31. The minimum absolute atomic E-state index is 0.0996. The van der Waals surface area contributed by atoms with E-state index in [9.17, 15) is 4.79 Å². The van der Waals surface area contributed by atoms with Gasteiger partial charge in [0.25, 0.3) is 11.7 Å². The summed E-state index contributed by atoms with van der Waals surface area (Å²) in [5.41, 5.74) is 2.62. The molecular weight excluding hydrogens is 376 g/mol. The van der Waals surface area contributed by atoms with E-state index in [1.165, 1.54) is 12.8 Å². The molecule has 0 aliphatic carbocycles. The van der Waals surface area contributed by atoms with Gasteiger partial charge >= 0.3 is 0 Å². The molecule has 30 heavy (non-hydrogen) atoms. The van der Waals surface area contributed by atoms with Crippen molar-refractivity contribution in [3.05, 3.63) is 65.7 Å². The summed E-state index contributed by atoms with van der Waals surface area (Å²) >= 11 is 0. The fourth-order valence-corrected chi connectivity index (χ4v) is 4.82. The zero-order valence-corrected chi connectivity index (χ0v) is 17.8. The summed E-state index contributed by atoms with van der Waals surface area (Å²) in [6, 6.07) is 18.2. The highest BCUT2D eigenvalue weighted by molar-refractivity contribution is 6.06. The second kappa shape index (κ2) is 7.49. The Morgan fingerprint density at radius 3 is 2.30 bits per heavy atom.